The molecule has 3 aromatic heterocycles. The number of benzene rings is 12. The van der Waals surface area contributed by atoms with Crippen LogP contribution in [0.1, 0.15) is 0 Å². The number of hydrogen-bond donors (Lipinski definition) is 0. The smallest absolute Gasteiger partial charge is 0.165 e. The second-order valence-corrected chi connectivity index (χ2v) is 19.0. The van der Waals surface area contributed by atoms with E-state index in [1.807, 2.05) is 6.07 Å². The summed E-state index contributed by atoms with van der Waals surface area (Å²) in [6, 6.07) is 93.6. The summed E-state index contributed by atoms with van der Waals surface area (Å²) in [4.78, 5) is 16.8. The molecule has 344 valence electrons. The molecule has 5 nitrogen and oxygen atoms in total. The van der Waals surface area contributed by atoms with Crippen LogP contribution < -0.4 is 0 Å². The van der Waals surface area contributed by atoms with Gasteiger partial charge in [0.25, 0.3) is 0 Å². The van der Waals surface area contributed by atoms with Gasteiger partial charge in [-0.15, -0.1) is 0 Å². The molecule has 0 aliphatic rings. The highest BCUT2D eigenvalue weighted by molar-refractivity contribution is 6.24. The first-order valence-electron chi connectivity index (χ1n) is 25.2. The van der Waals surface area contributed by atoms with Gasteiger partial charge in [-0.25, -0.2) is 15.0 Å². The molecule has 0 spiro atoms. The lowest BCUT2D eigenvalue weighted by molar-refractivity contribution is 1.08. The van der Waals surface area contributed by atoms with Crippen LogP contribution >= 0.6 is 0 Å². The van der Waals surface area contributed by atoms with E-state index in [0.717, 1.165) is 88.4 Å². The largest absolute Gasteiger partial charge is 0.309 e. The standard InChI is InChI=1S/C69H43N5/c1-5-23-45(24-6-1)61-62(46-25-7-2-8-26-46)66(74-60-43-49-30-14-13-29-48(49)42-57(60)54-41-40-44-22-15-16-33-51(44)65(54)74)53-35-18-17-34-52(53)64(61)69-71-67(47-27-9-3-10-28-47)70-68(72-69)56-37-21-39-59-63(56)55-36-19-20-38-58(55)73(59)50-31-11-4-12-32-50/h1-43H. The third kappa shape index (κ3) is 6.47. The van der Waals surface area contributed by atoms with Crippen molar-refractivity contribution in [3.8, 4) is 67.8 Å². The second kappa shape index (κ2) is 16.8. The van der Waals surface area contributed by atoms with Crippen LogP contribution in [0.4, 0.5) is 0 Å². The fourth-order valence-electron chi connectivity index (χ4n) is 11.7. The van der Waals surface area contributed by atoms with Crippen molar-refractivity contribution in [3.05, 3.63) is 261 Å². The molecule has 74 heavy (non-hydrogen) atoms. The molecule has 0 bridgehead atoms. The van der Waals surface area contributed by atoms with Crippen LogP contribution in [0.15, 0.2) is 261 Å². The molecule has 0 N–H and O–H groups in total. The molecule has 0 saturated heterocycles. The molecule has 3 heterocycles. The minimum Gasteiger partial charge on any atom is -0.309 e. The highest BCUT2D eigenvalue weighted by atomic mass is 15.0. The summed E-state index contributed by atoms with van der Waals surface area (Å²) < 4.78 is 4.92. The van der Waals surface area contributed by atoms with Crippen LogP contribution in [-0.2, 0) is 0 Å². The SMILES string of the molecule is c1ccc(-c2nc(-c3c(-c4ccccc4)c(-c4ccccc4)c(-n4c5cc6ccccc6cc5c5ccc6ccccc6c54)c4ccccc34)nc(-c3cccc4c3c3ccccc3n4-c3ccccc3)n2)cc1. The summed E-state index contributed by atoms with van der Waals surface area (Å²) in [5, 5.41) is 11.5. The molecule has 0 amide bonds. The van der Waals surface area contributed by atoms with Crippen molar-refractivity contribution in [3.63, 3.8) is 0 Å². The number of hydrogen-bond acceptors (Lipinski definition) is 3. The lowest BCUT2D eigenvalue weighted by atomic mass is 9.84. The Bertz CT molecular complexity index is 4690. The highest BCUT2D eigenvalue weighted by Gasteiger charge is 2.29. The van der Waals surface area contributed by atoms with Crippen LogP contribution in [0, 0.1) is 0 Å². The maximum Gasteiger partial charge on any atom is 0.165 e. The number of nitrogens with zero attached hydrogens (tertiary/aromatic N) is 5. The summed E-state index contributed by atoms with van der Waals surface area (Å²) in [6.45, 7) is 0. The van der Waals surface area contributed by atoms with Crippen molar-refractivity contribution < 1.29 is 0 Å². The Morgan fingerprint density at radius 1 is 0.270 bits per heavy atom. The molecule has 5 heteroatoms. The normalized spacial score (nSPS) is 11.8. The van der Waals surface area contributed by atoms with Gasteiger partial charge in [0.15, 0.2) is 17.5 Å². The van der Waals surface area contributed by atoms with Gasteiger partial charge < -0.3 is 9.13 Å². The zero-order valence-electron chi connectivity index (χ0n) is 40.1. The number of fused-ring (bicyclic) bond motifs is 10. The molecule has 0 fully saturated rings. The minimum absolute atomic E-state index is 0.593. The summed E-state index contributed by atoms with van der Waals surface area (Å²) in [5.41, 5.74) is 13.7. The molecule has 0 atom stereocenters. The summed E-state index contributed by atoms with van der Waals surface area (Å²) >= 11 is 0. The molecule has 0 unspecified atom stereocenters. The van der Waals surface area contributed by atoms with E-state index in [0.29, 0.717) is 17.5 Å². The Morgan fingerprint density at radius 3 is 1.54 bits per heavy atom. The average Bonchev–Trinajstić information content (AvgIpc) is 4.05. The first-order chi connectivity index (χ1) is 36.7. The Hall–Kier alpha value is -9.97. The van der Waals surface area contributed by atoms with E-state index in [9.17, 15) is 0 Å². The molecular formula is C69H43N5. The van der Waals surface area contributed by atoms with E-state index in [-0.39, 0.29) is 0 Å². The molecule has 15 aromatic rings. The zero-order chi connectivity index (χ0) is 48.7. The number of para-hydroxylation sites is 2. The Kier molecular flexibility index (Phi) is 9.50. The first-order valence-corrected chi connectivity index (χ1v) is 25.2. The number of rotatable bonds is 7. The van der Waals surface area contributed by atoms with Crippen molar-refractivity contribution in [1.82, 2.24) is 24.1 Å². The lowest BCUT2D eigenvalue weighted by Crippen LogP contribution is -2.06. The van der Waals surface area contributed by atoms with E-state index in [4.69, 9.17) is 15.0 Å². The van der Waals surface area contributed by atoms with E-state index >= 15 is 0 Å². The quantitative estimate of drug-likeness (QED) is 0.160. The maximum absolute atomic E-state index is 5.74. The Labute approximate surface area is 426 Å². The second-order valence-electron chi connectivity index (χ2n) is 19.0. The molecule has 0 aliphatic carbocycles. The average molecular weight is 942 g/mol. The fraction of sp³-hybridized carbons (Fsp3) is 0. The van der Waals surface area contributed by atoms with Crippen molar-refractivity contribution in [2.75, 3.05) is 0 Å². The number of aromatic nitrogens is 5. The Morgan fingerprint density at radius 2 is 0.811 bits per heavy atom. The lowest BCUT2D eigenvalue weighted by Gasteiger charge is -2.25. The van der Waals surface area contributed by atoms with E-state index in [1.54, 1.807) is 0 Å². The summed E-state index contributed by atoms with van der Waals surface area (Å²) in [7, 11) is 0. The van der Waals surface area contributed by atoms with Gasteiger partial charge in [0, 0.05) is 65.8 Å². The molecule has 0 aliphatic heterocycles. The van der Waals surface area contributed by atoms with Crippen LogP contribution in [0.5, 0.6) is 0 Å². The predicted octanol–water partition coefficient (Wildman–Crippen LogP) is 17.9. The predicted molar refractivity (Wildman–Crippen MR) is 308 cm³/mol. The molecule has 15 rings (SSSR count). The molecular weight excluding hydrogens is 899 g/mol. The monoisotopic (exact) mass is 941 g/mol. The first kappa shape index (κ1) is 41.8. The van der Waals surface area contributed by atoms with Crippen LogP contribution in [0.2, 0.25) is 0 Å². The van der Waals surface area contributed by atoms with Gasteiger partial charge in [0.05, 0.1) is 27.8 Å². The summed E-state index contributed by atoms with van der Waals surface area (Å²) in [6.07, 6.45) is 0. The maximum atomic E-state index is 5.74. The summed E-state index contributed by atoms with van der Waals surface area (Å²) in [5.74, 6) is 1.79. The third-order valence-electron chi connectivity index (χ3n) is 14.9. The van der Waals surface area contributed by atoms with Crippen molar-refractivity contribution >= 4 is 75.9 Å². The van der Waals surface area contributed by atoms with Gasteiger partial charge in [0.2, 0.25) is 0 Å². The topological polar surface area (TPSA) is 48.5 Å². The fourth-order valence-corrected chi connectivity index (χ4v) is 11.7. The van der Waals surface area contributed by atoms with Gasteiger partial charge in [-0.1, -0.05) is 224 Å². The Balaban J connectivity index is 1.13. The van der Waals surface area contributed by atoms with Crippen molar-refractivity contribution in [1.29, 1.82) is 0 Å². The van der Waals surface area contributed by atoms with Gasteiger partial charge in [0.1, 0.15) is 0 Å². The molecule has 0 saturated carbocycles. The van der Waals surface area contributed by atoms with Crippen LogP contribution in [-0.4, -0.2) is 24.1 Å². The van der Waals surface area contributed by atoms with E-state index in [2.05, 4.69) is 264 Å². The van der Waals surface area contributed by atoms with Crippen LogP contribution in [0.25, 0.3) is 144 Å². The zero-order valence-corrected chi connectivity index (χ0v) is 40.1. The van der Waals surface area contributed by atoms with Crippen molar-refractivity contribution in [2.24, 2.45) is 0 Å². The third-order valence-corrected chi connectivity index (χ3v) is 14.9. The van der Waals surface area contributed by atoms with Gasteiger partial charge in [-0.2, -0.15) is 0 Å². The van der Waals surface area contributed by atoms with Crippen LogP contribution in [0.3, 0.4) is 0 Å². The molecule has 12 aromatic carbocycles. The molecule has 0 radical (unpaired) electrons. The highest BCUT2D eigenvalue weighted by Crippen LogP contribution is 2.51. The van der Waals surface area contributed by atoms with Gasteiger partial charge in [-0.05, 0) is 69.1 Å². The van der Waals surface area contributed by atoms with Gasteiger partial charge >= 0.3 is 0 Å². The van der Waals surface area contributed by atoms with E-state index in [1.165, 1.54) is 37.8 Å². The van der Waals surface area contributed by atoms with E-state index < -0.39 is 0 Å². The van der Waals surface area contributed by atoms with Crippen molar-refractivity contribution in [2.45, 2.75) is 0 Å². The minimum atomic E-state index is 0.593. The van der Waals surface area contributed by atoms with Gasteiger partial charge in [-0.3, -0.25) is 0 Å².